The normalized spacial score (nSPS) is 23.2. The molecule has 2 aliphatic heterocycles. The number of nitriles is 1. The molecule has 4 aliphatic rings. The largest absolute Gasteiger partial charge is 0.459 e. The second kappa shape index (κ2) is 20.4. The Balaban J connectivity index is 1.34. The number of ether oxygens (including phenoxy) is 5. The number of amides is 1. The lowest BCUT2D eigenvalue weighted by Gasteiger charge is -2.60. The van der Waals surface area contributed by atoms with Gasteiger partial charge in [-0.05, 0) is 134 Å². The van der Waals surface area contributed by atoms with Crippen molar-refractivity contribution in [2.45, 2.75) is 74.1 Å². The van der Waals surface area contributed by atoms with E-state index in [2.05, 4.69) is 24.8 Å². The number of thioether (sulfide) groups is 1. The zero-order chi connectivity index (χ0) is 44.6. The van der Waals surface area contributed by atoms with E-state index in [9.17, 15) is 15.5 Å². The van der Waals surface area contributed by atoms with Crippen LogP contribution in [0, 0.1) is 29.1 Å². The summed E-state index contributed by atoms with van der Waals surface area (Å²) in [6, 6.07) is 27.6. The van der Waals surface area contributed by atoms with Crippen molar-refractivity contribution in [3.05, 3.63) is 131 Å². The first-order valence-corrected chi connectivity index (χ1v) is 23.2. The number of carbonyl (C=O) groups is 1. The van der Waals surface area contributed by atoms with Crippen LogP contribution >= 0.6 is 11.8 Å². The number of rotatable bonds is 19. The second-order valence-corrected chi connectivity index (χ2v) is 17.4. The molecule has 0 radical (unpaired) electrons. The Labute approximate surface area is 379 Å². The summed E-state index contributed by atoms with van der Waals surface area (Å²) in [6.45, 7) is 4.59. The van der Waals surface area contributed by atoms with Crippen LogP contribution in [0.5, 0.6) is 28.7 Å². The lowest BCUT2D eigenvalue weighted by molar-refractivity contribution is -0.255. The van der Waals surface area contributed by atoms with E-state index in [0.29, 0.717) is 58.4 Å². The van der Waals surface area contributed by atoms with Crippen molar-refractivity contribution in [2.75, 3.05) is 40.0 Å². The van der Waals surface area contributed by atoms with Gasteiger partial charge in [-0.1, -0.05) is 36.2 Å². The molecule has 4 aromatic rings. The quantitative estimate of drug-likeness (QED) is 0.0401. The van der Waals surface area contributed by atoms with Crippen LogP contribution in [0.25, 0.3) is 0 Å². The number of nitrogens with zero attached hydrogens (tertiary/aromatic N) is 3. The Bertz CT molecular complexity index is 2400. The lowest BCUT2D eigenvalue weighted by atomic mass is 9.55. The molecule has 334 valence electrons. The van der Waals surface area contributed by atoms with Gasteiger partial charge in [0.1, 0.15) is 30.4 Å². The Morgan fingerprint density at radius 1 is 0.953 bits per heavy atom. The molecule has 12 nitrogen and oxygen atoms in total. The number of carbonyl (C=O) groups excluding carboxylic acids is 1. The van der Waals surface area contributed by atoms with Gasteiger partial charge in [0.05, 0.1) is 29.9 Å². The molecule has 2 aliphatic carbocycles. The van der Waals surface area contributed by atoms with Crippen molar-refractivity contribution in [3.63, 3.8) is 0 Å². The predicted molar refractivity (Wildman–Crippen MR) is 244 cm³/mol. The SMILES string of the molecule is C=CCOC12Oc3ccc(Oc4ccc(SC)cc4)cc3C3C(CCCCO)C(CCCCO)C=C(C(=NOC)CC1N(Cc1ccc4c(c1)OCO4)C(=O)c1ccc(C#N)cc1)C32. The van der Waals surface area contributed by atoms with Gasteiger partial charge >= 0.3 is 0 Å². The minimum atomic E-state index is -1.48. The molecule has 8 rings (SSSR count). The molecular formula is C51H55N3O9S. The van der Waals surface area contributed by atoms with Crippen molar-refractivity contribution < 1.29 is 43.5 Å². The number of fused-ring (bicyclic) bond motifs is 3. The summed E-state index contributed by atoms with van der Waals surface area (Å²) >= 11 is 1.67. The first-order chi connectivity index (χ1) is 31.3. The summed E-state index contributed by atoms with van der Waals surface area (Å²) in [5.74, 6) is 0.755. The maximum Gasteiger partial charge on any atom is 0.254 e. The number of oxime groups is 1. The van der Waals surface area contributed by atoms with Crippen LogP contribution in [0.3, 0.4) is 0 Å². The van der Waals surface area contributed by atoms with Crippen LogP contribution in [0.2, 0.25) is 0 Å². The third kappa shape index (κ3) is 9.10. The van der Waals surface area contributed by atoms with E-state index < -0.39 is 17.7 Å². The molecule has 1 saturated carbocycles. The fraction of sp³-hybridized carbons (Fsp3) is 0.392. The number of aliphatic hydroxyl groups is 2. The van der Waals surface area contributed by atoms with Gasteiger partial charge in [0.2, 0.25) is 12.6 Å². The Kier molecular flexibility index (Phi) is 14.3. The molecular weight excluding hydrogens is 831 g/mol. The summed E-state index contributed by atoms with van der Waals surface area (Å²) in [7, 11) is 1.53. The lowest BCUT2D eigenvalue weighted by Crippen LogP contribution is -2.70. The van der Waals surface area contributed by atoms with Gasteiger partial charge in [0.15, 0.2) is 11.5 Å². The zero-order valence-corrected chi connectivity index (χ0v) is 37.1. The van der Waals surface area contributed by atoms with E-state index in [1.807, 2.05) is 60.9 Å². The fourth-order valence-corrected chi connectivity index (χ4v) is 10.4. The summed E-state index contributed by atoms with van der Waals surface area (Å²) in [5.41, 5.74) is 4.18. The van der Waals surface area contributed by atoms with Crippen molar-refractivity contribution >= 4 is 23.4 Å². The average molecular weight is 886 g/mol. The first-order valence-electron chi connectivity index (χ1n) is 22.0. The van der Waals surface area contributed by atoms with E-state index in [4.69, 9.17) is 33.7 Å². The molecule has 64 heavy (non-hydrogen) atoms. The van der Waals surface area contributed by atoms with Crippen LogP contribution < -0.4 is 18.9 Å². The minimum absolute atomic E-state index is 0.0311. The highest BCUT2D eigenvalue weighted by Gasteiger charge is 2.65. The predicted octanol–water partition coefficient (Wildman–Crippen LogP) is 9.41. The van der Waals surface area contributed by atoms with Gasteiger partial charge in [-0.2, -0.15) is 5.26 Å². The van der Waals surface area contributed by atoms with Crippen molar-refractivity contribution in [2.24, 2.45) is 22.9 Å². The van der Waals surface area contributed by atoms with Gasteiger partial charge in [-0.25, -0.2) is 0 Å². The highest BCUT2D eigenvalue weighted by Crippen LogP contribution is 2.62. The molecule has 6 unspecified atom stereocenters. The molecule has 1 amide bonds. The van der Waals surface area contributed by atoms with E-state index in [1.165, 1.54) is 7.11 Å². The fourth-order valence-electron chi connectivity index (χ4n) is 10.0. The molecule has 0 aromatic heterocycles. The van der Waals surface area contributed by atoms with E-state index in [1.54, 1.807) is 47.0 Å². The van der Waals surface area contributed by atoms with Crippen molar-refractivity contribution in [1.82, 2.24) is 4.90 Å². The molecule has 4 aromatic carbocycles. The zero-order valence-electron chi connectivity index (χ0n) is 36.3. The molecule has 13 heteroatoms. The van der Waals surface area contributed by atoms with Crippen LogP contribution in [-0.4, -0.2) is 78.5 Å². The standard InChI is InChI=1S/C51H55N3O9S/c1-4-25-61-51-47(54(50(57)35-14-11-33(30-52)12-15-35)31-34-13-21-45-46(26-34)60-32-59-45)29-43(53-58-2)41-27-36(9-5-7-23-55)40(10-6-8-24-56)48(49(41)51)42-28-38(18-22-44(42)63-51)62-37-16-19-39(64-3)20-17-37/h4,11-22,26-28,36,40,47-49,55-56H,1,5-10,23-25,29,31-32H2,2-3H3. The smallest absolute Gasteiger partial charge is 0.254 e. The van der Waals surface area contributed by atoms with E-state index >= 15 is 4.79 Å². The topological polar surface area (TPSA) is 152 Å². The van der Waals surface area contributed by atoms with Gasteiger partial charge < -0.3 is 43.6 Å². The molecule has 0 bridgehead atoms. The number of unbranched alkanes of at least 4 members (excludes halogenated alkanes) is 2. The molecule has 0 saturated heterocycles. The van der Waals surface area contributed by atoms with E-state index in [-0.39, 0.29) is 63.2 Å². The van der Waals surface area contributed by atoms with Crippen LogP contribution in [-0.2, 0) is 16.1 Å². The molecule has 6 atom stereocenters. The summed E-state index contributed by atoms with van der Waals surface area (Å²) in [4.78, 5) is 23.9. The van der Waals surface area contributed by atoms with Crippen LogP contribution in [0.4, 0.5) is 0 Å². The number of hydrogen-bond donors (Lipinski definition) is 2. The van der Waals surface area contributed by atoms with E-state index in [0.717, 1.165) is 47.3 Å². The Morgan fingerprint density at radius 2 is 1.69 bits per heavy atom. The third-order valence-corrected chi connectivity index (χ3v) is 13.6. The number of aliphatic hydroxyl groups excluding tert-OH is 2. The maximum absolute atomic E-state index is 15.3. The highest BCUT2D eigenvalue weighted by molar-refractivity contribution is 7.98. The van der Waals surface area contributed by atoms with Crippen LogP contribution in [0.15, 0.2) is 119 Å². The van der Waals surface area contributed by atoms with Crippen molar-refractivity contribution in [1.29, 1.82) is 5.26 Å². The summed E-state index contributed by atoms with van der Waals surface area (Å²) in [5, 5.41) is 34.3. The average Bonchev–Trinajstić information content (AvgIpc) is 3.80. The first kappa shape index (κ1) is 44.8. The second-order valence-electron chi connectivity index (χ2n) is 16.5. The van der Waals surface area contributed by atoms with Gasteiger partial charge in [0, 0.05) is 48.1 Å². The molecule has 2 heterocycles. The molecule has 0 spiro atoms. The van der Waals surface area contributed by atoms with Gasteiger partial charge in [0.25, 0.3) is 5.91 Å². The van der Waals surface area contributed by atoms with Crippen molar-refractivity contribution in [3.8, 4) is 34.8 Å². The number of allylic oxidation sites excluding steroid dienone is 1. The maximum atomic E-state index is 15.3. The monoisotopic (exact) mass is 885 g/mol. The molecule has 2 N–H and O–H groups in total. The van der Waals surface area contributed by atoms with Gasteiger partial charge in [-0.15, -0.1) is 18.3 Å². The summed E-state index contributed by atoms with van der Waals surface area (Å²) in [6.07, 6.45) is 10.8. The minimum Gasteiger partial charge on any atom is -0.459 e. The number of hydrogen-bond acceptors (Lipinski definition) is 12. The molecule has 1 fully saturated rings. The third-order valence-electron chi connectivity index (χ3n) is 12.8. The highest BCUT2D eigenvalue weighted by atomic mass is 32.2. The Morgan fingerprint density at radius 3 is 2.41 bits per heavy atom. The van der Waals surface area contributed by atoms with Crippen LogP contribution in [0.1, 0.15) is 77.9 Å². The van der Waals surface area contributed by atoms with Gasteiger partial charge in [-0.3, -0.25) is 4.79 Å². The summed E-state index contributed by atoms with van der Waals surface area (Å²) < 4.78 is 32.6. The number of benzene rings is 4. The Hall–Kier alpha value is -5.78.